The van der Waals surface area contributed by atoms with Crippen LogP contribution in [-0.4, -0.2) is 39.0 Å². The van der Waals surface area contributed by atoms with Crippen molar-refractivity contribution in [1.82, 2.24) is 15.3 Å². The number of nitrogens with one attached hydrogen (secondary N) is 2. The number of anilines is 2. The van der Waals surface area contributed by atoms with Gasteiger partial charge in [0.15, 0.2) is 11.5 Å². The highest BCUT2D eigenvalue weighted by molar-refractivity contribution is 6.06. The molecule has 0 bridgehead atoms. The fourth-order valence-electron chi connectivity index (χ4n) is 3.70. The Kier molecular flexibility index (Phi) is 6.42. The minimum atomic E-state index is -0.448. The van der Waals surface area contributed by atoms with Gasteiger partial charge >= 0.3 is 0 Å². The van der Waals surface area contributed by atoms with Crippen LogP contribution in [0.1, 0.15) is 46.5 Å². The Morgan fingerprint density at radius 3 is 2.31 bits per heavy atom. The third kappa shape index (κ3) is 5.09. The second-order valence-electron chi connectivity index (χ2n) is 7.87. The molecule has 2 aromatic carbocycles. The average Bonchev–Trinajstić information content (AvgIpc) is 2.81. The van der Waals surface area contributed by atoms with Crippen molar-refractivity contribution in [3.05, 3.63) is 72.1 Å². The van der Waals surface area contributed by atoms with Crippen LogP contribution in [0.5, 0.6) is 0 Å². The van der Waals surface area contributed by atoms with Gasteiger partial charge in [-0.2, -0.15) is 0 Å². The summed E-state index contributed by atoms with van der Waals surface area (Å²) in [6.07, 6.45) is 4.21. The number of amides is 2. The van der Waals surface area contributed by atoms with Crippen molar-refractivity contribution in [3.8, 4) is 11.3 Å². The lowest BCUT2D eigenvalue weighted by Gasteiger charge is -2.26. The van der Waals surface area contributed by atoms with Crippen molar-refractivity contribution in [1.29, 1.82) is 0 Å². The van der Waals surface area contributed by atoms with Gasteiger partial charge in [-0.3, -0.25) is 9.59 Å². The van der Waals surface area contributed by atoms with Gasteiger partial charge in [0.2, 0.25) is 0 Å². The summed E-state index contributed by atoms with van der Waals surface area (Å²) in [6, 6.07) is 16.1. The molecule has 32 heavy (non-hydrogen) atoms. The van der Waals surface area contributed by atoms with Crippen molar-refractivity contribution in [2.45, 2.75) is 37.8 Å². The molecule has 5 N–H and O–H groups in total. The van der Waals surface area contributed by atoms with Crippen molar-refractivity contribution >= 4 is 23.3 Å². The molecule has 1 aromatic heterocycles. The van der Waals surface area contributed by atoms with Gasteiger partial charge in [0.25, 0.3) is 11.8 Å². The molecule has 1 heterocycles. The first-order valence-corrected chi connectivity index (χ1v) is 10.6. The van der Waals surface area contributed by atoms with E-state index in [1.165, 1.54) is 6.20 Å². The van der Waals surface area contributed by atoms with Gasteiger partial charge in [-0.25, -0.2) is 9.97 Å². The molecule has 0 unspecified atom stereocenters. The quantitative estimate of drug-likeness (QED) is 0.491. The lowest BCUT2D eigenvalue weighted by Crippen LogP contribution is -2.38. The predicted octanol–water partition coefficient (Wildman–Crippen LogP) is 3.01. The van der Waals surface area contributed by atoms with E-state index in [4.69, 9.17) is 5.73 Å². The van der Waals surface area contributed by atoms with E-state index in [0.29, 0.717) is 35.3 Å². The van der Waals surface area contributed by atoms with Crippen molar-refractivity contribution in [2.75, 3.05) is 11.1 Å². The maximum Gasteiger partial charge on any atom is 0.278 e. The molecule has 3 aromatic rings. The first-order chi connectivity index (χ1) is 15.5. The van der Waals surface area contributed by atoms with Crippen LogP contribution in [0.2, 0.25) is 0 Å². The zero-order chi connectivity index (χ0) is 22.5. The molecule has 8 nitrogen and oxygen atoms in total. The zero-order valence-corrected chi connectivity index (χ0v) is 17.5. The van der Waals surface area contributed by atoms with Crippen LogP contribution in [-0.2, 0) is 0 Å². The van der Waals surface area contributed by atoms with Crippen LogP contribution in [0.4, 0.5) is 11.5 Å². The molecule has 0 aliphatic heterocycles. The number of carbonyl (C=O) groups is 2. The molecule has 0 radical (unpaired) electrons. The van der Waals surface area contributed by atoms with E-state index < -0.39 is 5.91 Å². The number of nitrogen functional groups attached to an aromatic ring is 1. The second kappa shape index (κ2) is 9.57. The fraction of sp³-hybridized carbons (Fsp3) is 0.250. The van der Waals surface area contributed by atoms with E-state index in [-0.39, 0.29) is 29.6 Å². The van der Waals surface area contributed by atoms with E-state index >= 15 is 0 Å². The SMILES string of the molecule is Nc1ncc(-c2ccc(C(=O)N[C@H]3CC[C@H](O)CC3)cc2)nc1C(=O)Nc1ccccc1. The Bertz CT molecular complexity index is 1090. The summed E-state index contributed by atoms with van der Waals surface area (Å²) in [7, 11) is 0. The van der Waals surface area contributed by atoms with Crippen LogP contribution in [0, 0.1) is 0 Å². The number of carbonyl (C=O) groups excluding carboxylic acids is 2. The number of nitrogens with two attached hydrogens (primary N) is 1. The van der Waals surface area contributed by atoms with Gasteiger partial charge in [-0.1, -0.05) is 30.3 Å². The highest BCUT2D eigenvalue weighted by atomic mass is 16.3. The van der Waals surface area contributed by atoms with Gasteiger partial charge < -0.3 is 21.5 Å². The number of rotatable bonds is 5. The molecular formula is C24H25N5O3. The third-order valence-corrected chi connectivity index (χ3v) is 5.52. The summed E-state index contributed by atoms with van der Waals surface area (Å²) >= 11 is 0. The maximum atomic E-state index is 12.6. The van der Waals surface area contributed by atoms with Crippen molar-refractivity contribution < 1.29 is 14.7 Å². The molecule has 1 fully saturated rings. The van der Waals surface area contributed by atoms with E-state index in [1.807, 2.05) is 18.2 Å². The Balaban J connectivity index is 1.46. The minimum absolute atomic E-state index is 0.0349. The molecule has 1 aliphatic rings. The van der Waals surface area contributed by atoms with Crippen LogP contribution in [0.3, 0.4) is 0 Å². The summed E-state index contributed by atoms with van der Waals surface area (Å²) in [5, 5.41) is 15.4. The van der Waals surface area contributed by atoms with Crippen LogP contribution >= 0.6 is 0 Å². The van der Waals surface area contributed by atoms with Gasteiger partial charge in [0.1, 0.15) is 0 Å². The van der Waals surface area contributed by atoms with Crippen molar-refractivity contribution in [3.63, 3.8) is 0 Å². The van der Waals surface area contributed by atoms with Crippen LogP contribution in [0.15, 0.2) is 60.8 Å². The molecular weight excluding hydrogens is 406 g/mol. The third-order valence-electron chi connectivity index (χ3n) is 5.52. The van der Waals surface area contributed by atoms with Gasteiger partial charge in [-0.15, -0.1) is 0 Å². The lowest BCUT2D eigenvalue weighted by molar-refractivity contribution is 0.0867. The Hall–Kier alpha value is -3.78. The minimum Gasteiger partial charge on any atom is -0.393 e. The number of para-hydroxylation sites is 1. The van der Waals surface area contributed by atoms with Crippen LogP contribution in [0.25, 0.3) is 11.3 Å². The number of hydrogen-bond acceptors (Lipinski definition) is 6. The van der Waals surface area contributed by atoms with Gasteiger partial charge in [0.05, 0.1) is 18.0 Å². The summed E-state index contributed by atoms with van der Waals surface area (Å²) in [5.41, 5.74) is 8.27. The van der Waals surface area contributed by atoms with Crippen molar-refractivity contribution in [2.24, 2.45) is 0 Å². The predicted molar refractivity (Wildman–Crippen MR) is 122 cm³/mol. The Morgan fingerprint density at radius 1 is 0.938 bits per heavy atom. The normalized spacial score (nSPS) is 18.0. The summed E-state index contributed by atoms with van der Waals surface area (Å²) < 4.78 is 0. The average molecular weight is 431 g/mol. The monoisotopic (exact) mass is 431 g/mol. The summed E-state index contributed by atoms with van der Waals surface area (Å²) in [5.74, 6) is -0.559. The van der Waals surface area contributed by atoms with E-state index in [2.05, 4.69) is 20.6 Å². The Labute approximate surface area is 185 Å². The Morgan fingerprint density at radius 2 is 1.62 bits per heavy atom. The highest BCUT2D eigenvalue weighted by Gasteiger charge is 2.21. The van der Waals surface area contributed by atoms with Gasteiger partial charge in [0, 0.05) is 22.9 Å². The van der Waals surface area contributed by atoms with E-state index in [0.717, 1.165) is 12.8 Å². The molecule has 0 atom stereocenters. The maximum absolute atomic E-state index is 12.6. The molecule has 4 rings (SSSR count). The van der Waals surface area contributed by atoms with Gasteiger partial charge in [-0.05, 0) is 49.9 Å². The molecule has 0 saturated heterocycles. The number of aliphatic hydroxyl groups is 1. The fourth-order valence-corrected chi connectivity index (χ4v) is 3.70. The summed E-state index contributed by atoms with van der Waals surface area (Å²) in [4.78, 5) is 33.6. The molecule has 1 saturated carbocycles. The topological polar surface area (TPSA) is 130 Å². The number of aliphatic hydroxyl groups excluding tert-OH is 1. The first kappa shape index (κ1) is 21.5. The standard InChI is InChI=1S/C24H25N5O3/c25-22-21(24(32)28-17-4-2-1-3-5-17)29-20(14-26-22)15-6-8-16(9-7-15)23(31)27-18-10-12-19(30)13-11-18/h1-9,14,18-19,30H,10-13H2,(H2,25,26)(H,27,31)(H,28,32)/t18-,19-. The zero-order valence-electron chi connectivity index (χ0n) is 17.5. The smallest absolute Gasteiger partial charge is 0.278 e. The van der Waals surface area contributed by atoms with Crippen LogP contribution < -0.4 is 16.4 Å². The molecule has 0 spiro atoms. The largest absolute Gasteiger partial charge is 0.393 e. The molecule has 2 amide bonds. The second-order valence-corrected chi connectivity index (χ2v) is 7.87. The molecule has 8 heteroatoms. The first-order valence-electron chi connectivity index (χ1n) is 10.6. The summed E-state index contributed by atoms with van der Waals surface area (Å²) in [6.45, 7) is 0. The highest BCUT2D eigenvalue weighted by Crippen LogP contribution is 2.21. The number of nitrogens with zero attached hydrogens (tertiary/aromatic N) is 2. The molecule has 1 aliphatic carbocycles. The number of benzene rings is 2. The molecule has 164 valence electrons. The number of hydrogen-bond donors (Lipinski definition) is 4. The lowest BCUT2D eigenvalue weighted by atomic mass is 9.93. The number of aromatic nitrogens is 2. The van der Waals surface area contributed by atoms with E-state index in [9.17, 15) is 14.7 Å². The van der Waals surface area contributed by atoms with E-state index in [1.54, 1.807) is 36.4 Å².